The third-order valence-electron chi connectivity index (χ3n) is 2.57. The van der Waals surface area contributed by atoms with Crippen LogP contribution in [0.25, 0.3) is 0 Å². The number of carbonyl (C=O) groups excluding carboxylic acids is 1. The van der Waals surface area contributed by atoms with Crippen molar-refractivity contribution in [3.8, 4) is 5.75 Å². The summed E-state index contributed by atoms with van der Waals surface area (Å²) in [5, 5.41) is 0. The summed E-state index contributed by atoms with van der Waals surface area (Å²) in [5.41, 5.74) is 0.966. The maximum absolute atomic E-state index is 11.8. The molecule has 0 aromatic heterocycles. The van der Waals surface area contributed by atoms with Crippen molar-refractivity contribution < 1.29 is 14.3 Å². The van der Waals surface area contributed by atoms with Gasteiger partial charge < -0.3 is 14.4 Å². The third kappa shape index (κ3) is 4.91. The average Bonchev–Trinajstić information content (AvgIpc) is 2.45. The van der Waals surface area contributed by atoms with E-state index in [1.54, 1.807) is 23.4 Å². The number of carbonyl (C=O) groups is 1. The first-order chi connectivity index (χ1) is 9.58. The Kier molecular flexibility index (Phi) is 6.56. The number of rotatable bonds is 7. The Morgan fingerprint density at radius 2 is 2.15 bits per heavy atom. The Morgan fingerprint density at radius 3 is 2.75 bits per heavy atom. The molecular formula is C15H22N2O3. The maximum atomic E-state index is 11.8. The Hall–Kier alpha value is -2.04. The van der Waals surface area contributed by atoms with Gasteiger partial charge in [0.15, 0.2) is 0 Å². The van der Waals surface area contributed by atoms with Crippen molar-refractivity contribution in [2.75, 3.05) is 27.8 Å². The second-order valence-corrected chi connectivity index (χ2v) is 4.58. The summed E-state index contributed by atoms with van der Waals surface area (Å²) in [6, 6.07) is 5.24. The molecule has 1 aromatic rings. The molecule has 0 unspecified atom stereocenters. The topological polar surface area (TPSA) is 51.1 Å². The molecule has 0 heterocycles. The molecule has 0 aliphatic rings. The van der Waals surface area contributed by atoms with Crippen molar-refractivity contribution in [2.45, 2.75) is 19.8 Å². The Balaban J connectivity index is 2.97. The molecule has 20 heavy (non-hydrogen) atoms. The molecule has 0 saturated heterocycles. The minimum Gasteiger partial charge on any atom is -0.494 e. The van der Waals surface area contributed by atoms with E-state index in [2.05, 4.69) is 11.9 Å². The molecule has 0 radical (unpaired) electrons. The van der Waals surface area contributed by atoms with E-state index in [-0.39, 0.29) is 0 Å². The van der Waals surface area contributed by atoms with Crippen molar-refractivity contribution in [3.05, 3.63) is 23.8 Å². The van der Waals surface area contributed by atoms with E-state index in [1.807, 2.05) is 20.2 Å². The van der Waals surface area contributed by atoms with Gasteiger partial charge in [0.05, 0.1) is 31.3 Å². The average molecular weight is 278 g/mol. The number of ether oxygens (including phenoxy) is 2. The molecule has 0 spiro atoms. The van der Waals surface area contributed by atoms with Crippen molar-refractivity contribution in [1.82, 2.24) is 4.90 Å². The van der Waals surface area contributed by atoms with Gasteiger partial charge in [-0.05, 0) is 24.6 Å². The smallest absolute Gasteiger partial charge is 0.340 e. The van der Waals surface area contributed by atoms with Gasteiger partial charge in [-0.3, -0.25) is 0 Å². The van der Waals surface area contributed by atoms with Gasteiger partial charge in [-0.25, -0.2) is 9.79 Å². The zero-order valence-corrected chi connectivity index (χ0v) is 12.5. The maximum Gasteiger partial charge on any atom is 0.340 e. The minimum atomic E-state index is -0.420. The van der Waals surface area contributed by atoms with E-state index in [0.717, 1.165) is 12.8 Å². The first kappa shape index (κ1) is 16.0. The molecule has 5 heteroatoms. The van der Waals surface area contributed by atoms with E-state index in [1.165, 1.54) is 7.11 Å². The Bertz CT molecular complexity index is 470. The van der Waals surface area contributed by atoms with Gasteiger partial charge in [0.25, 0.3) is 0 Å². The highest BCUT2D eigenvalue weighted by atomic mass is 16.5. The third-order valence-corrected chi connectivity index (χ3v) is 2.57. The fourth-order valence-corrected chi connectivity index (χ4v) is 1.50. The highest BCUT2D eigenvalue weighted by Gasteiger charge is 2.12. The van der Waals surface area contributed by atoms with Crippen LogP contribution in [0.3, 0.4) is 0 Å². The summed E-state index contributed by atoms with van der Waals surface area (Å²) in [4.78, 5) is 17.9. The molecule has 110 valence electrons. The highest BCUT2D eigenvalue weighted by Crippen LogP contribution is 2.25. The SMILES string of the molecule is CCCCOc1ccc(/N=C/N(C)C)c(C(=O)OC)c1. The first-order valence-electron chi connectivity index (χ1n) is 6.64. The molecule has 5 nitrogen and oxygen atoms in total. The van der Waals surface area contributed by atoms with Crippen LogP contribution in [-0.4, -0.2) is 45.0 Å². The number of methoxy groups -OCH3 is 1. The number of unbranched alkanes of at least 4 members (excludes halogenated alkanes) is 1. The van der Waals surface area contributed by atoms with Crippen LogP contribution in [0.4, 0.5) is 5.69 Å². The van der Waals surface area contributed by atoms with E-state index in [9.17, 15) is 4.79 Å². The molecule has 0 N–H and O–H groups in total. The number of benzene rings is 1. The number of hydrogen-bond donors (Lipinski definition) is 0. The fourth-order valence-electron chi connectivity index (χ4n) is 1.50. The summed E-state index contributed by atoms with van der Waals surface area (Å²) in [6.07, 6.45) is 3.68. The lowest BCUT2D eigenvalue weighted by atomic mass is 10.1. The predicted octanol–water partition coefficient (Wildman–Crippen LogP) is 2.87. The monoisotopic (exact) mass is 278 g/mol. The summed E-state index contributed by atoms with van der Waals surface area (Å²) in [6.45, 7) is 2.74. The fraction of sp³-hybridized carbons (Fsp3) is 0.467. The molecular weight excluding hydrogens is 256 g/mol. The molecule has 0 aliphatic carbocycles. The van der Waals surface area contributed by atoms with Crippen LogP contribution >= 0.6 is 0 Å². The quantitative estimate of drug-likeness (QED) is 0.333. The molecule has 1 aromatic carbocycles. The van der Waals surface area contributed by atoms with Gasteiger partial charge in [0.2, 0.25) is 0 Å². The normalized spacial score (nSPS) is 10.6. The van der Waals surface area contributed by atoms with Gasteiger partial charge in [-0.15, -0.1) is 0 Å². The van der Waals surface area contributed by atoms with E-state index >= 15 is 0 Å². The summed E-state index contributed by atoms with van der Waals surface area (Å²) < 4.78 is 10.4. The van der Waals surface area contributed by atoms with Crippen LogP contribution in [0.1, 0.15) is 30.1 Å². The van der Waals surface area contributed by atoms with E-state index in [4.69, 9.17) is 9.47 Å². The lowest BCUT2D eigenvalue weighted by molar-refractivity contribution is 0.0601. The van der Waals surface area contributed by atoms with Gasteiger partial charge in [-0.1, -0.05) is 13.3 Å². The summed E-state index contributed by atoms with van der Waals surface area (Å²) in [7, 11) is 5.08. The Labute approximate surface area is 120 Å². The van der Waals surface area contributed by atoms with Crippen LogP contribution < -0.4 is 4.74 Å². The summed E-state index contributed by atoms with van der Waals surface area (Å²) >= 11 is 0. The number of aliphatic imine (C=N–C) groups is 1. The molecule has 0 fully saturated rings. The number of hydrogen-bond acceptors (Lipinski definition) is 4. The molecule has 0 aliphatic heterocycles. The highest BCUT2D eigenvalue weighted by molar-refractivity contribution is 5.95. The van der Waals surface area contributed by atoms with Gasteiger partial charge in [-0.2, -0.15) is 0 Å². The van der Waals surface area contributed by atoms with Crippen molar-refractivity contribution in [3.63, 3.8) is 0 Å². The van der Waals surface area contributed by atoms with E-state index < -0.39 is 5.97 Å². The van der Waals surface area contributed by atoms with Crippen molar-refractivity contribution >= 4 is 18.0 Å². The zero-order chi connectivity index (χ0) is 15.0. The lowest BCUT2D eigenvalue weighted by Gasteiger charge is -2.10. The van der Waals surface area contributed by atoms with Crippen LogP contribution in [0.15, 0.2) is 23.2 Å². The van der Waals surface area contributed by atoms with Crippen LogP contribution in [0.5, 0.6) is 5.75 Å². The molecule has 0 atom stereocenters. The predicted molar refractivity (Wildman–Crippen MR) is 80.0 cm³/mol. The summed E-state index contributed by atoms with van der Waals surface area (Å²) in [5.74, 6) is 0.236. The molecule has 0 saturated carbocycles. The largest absolute Gasteiger partial charge is 0.494 e. The van der Waals surface area contributed by atoms with Gasteiger partial charge in [0.1, 0.15) is 5.75 Å². The van der Waals surface area contributed by atoms with Crippen LogP contribution in [0.2, 0.25) is 0 Å². The standard InChI is InChI=1S/C15H22N2O3/c1-5-6-9-20-12-7-8-14(16-11-17(2)3)13(10-12)15(18)19-4/h7-8,10-11H,5-6,9H2,1-4H3/b16-11+. The molecule has 1 rings (SSSR count). The Morgan fingerprint density at radius 1 is 1.40 bits per heavy atom. The van der Waals surface area contributed by atoms with Crippen LogP contribution in [0, 0.1) is 0 Å². The minimum absolute atomic E-state index is 0.402. The van der Waals surface area contributed by atoms with Crippen molar-refractivity contribution in [2.24, 2.45) is 4.99 Å². The van der Waals surface area contributed by atoms with Gasteiger partial charge >= 0.3 is 5.97 Å². The van der Waals surface area contributed by atoms with Crippen LogP contribution in [-0.2, 0) is 4.74 Å². The number of nitrogens with zero attached hydrogens (tertiary/aromatic N) is 2. The second-order valence-electron chi connectivity index (χ2n) is 4.58. The van der Waals surface area contributed by atoms with E-state index in [0.29, 0.717) is 23.6 Å². The lowest BCUT2D eigenvalue weighted by Crippen LogP contribution is -2.08. The zero-order valence-electron chi connectivity index (χ0n) is 12.5. The van der Waals surface area contributed by atoms with Crippen molar-refractivity contribution in [1.29, 1.82) is 0 Å². The molecule has 0 amide bonds. The molecule has 0 bridgehead atoms. The number of esters is 1. The van der Waals surface area contributed by atoms with Gasteiger partial charge in [0, 0.05) is 14.1 Å². The first-order valence-corrected chi connectivity index (χ1v) is 6.64. The second kappa shape index (κ2) is 8.19.